The maximum Gasteiger partial charge on any atom is 0.0195 e. The lowest BCUT2D eigenvalue weighted by Crippen LogP contribution is -2.48. The largest absolute Gasteiger partial charge is 0.314 e. The monoisotopic (exact) mass is 168 g/mol. The molecule has 2 heteroatoms. The Hall–Kier alpha value is -0.0800. The fraction of sp³-hybridized carbons (Fsp3) is 1.00. The molecule has 0 aromatic rings. The van der Waals surface area contributed by atoms with Gasteiger partial charge >= 0.3 is 0 Å². The highest BCUT2D eigenvalue weighted by Gasteiger charge is 2.20. The summed E-state index contributed by atoms with van der Waals surface area (Å²) in [4.78, 5) is 0. The second-order valence-corrected chi connectivity index (χ2v) is 4.24. The molecule has 1 aliphatic carbocycles. The van der Waals surface area contributed by atoms with Crippen LogP contribution in [0, 0.1) is 5.92 Å². The number of hydrogen-bond donors (Lipinski definition) is 2. The van der Waals surface area contributed by atoms with Crippen LogP contribution in [0.5, 0.6) is 0 Å². The second-order valence-electron chi connectivity index (χ2n) is 4.24. The van der Waals surface area contributed by atoms with Crippen LogP contribution in [-0.4, -0.2) is 25.7 Å². The van der Waals surface area contributed by atoms with Gasteiger partial charge in [0.05, 0.1) is 0 Å². The number of hydrogen-bond acceptors (Lipinski definition) is 2. The van der Waals surface area contributed by atoms with Crippen molar-refractivity contribution in [1.29, 1.82) is 0 Å². The van der Waals surface area contributed by atoms with E-state index in [0.29, 0.717) is 0 Å². The van der Waals surface area contributed by atoms with Gasteiger partial charge in [-0.05, 0) is 12.3 Å². The molecule has 0 bridgehead atoms. The van der Waals surface area contributed by atoms with Gasteiger partial charge in [-0.1, -0.05) is 25.7 Å². The standard InChI is InChI=1S/C10H20N2/c1-2-4-9(3-1)7-10-8-11-5-6-12-10/h9-12H,1-8H2. The minimum Gasteiger partial charge on any atom is -0.314 e. The maximum atomic E-state index is 3.58. The minimum atomic E-state index is 0.766. The lowest BCUT2D eigenvalue weighted by molar-refractivity contribution is 0.343. The maximum absolute atomic E-state index is 3.58. The summed E-state index contributed by atoms with van der Waals surface area (Å²) in [5.41, 5.74) is 0. The normalized spacial score (nSPS) is 32.5. The molecule has 1 saturated carbocycles. The molecule has 2 rings (SSSR count). The first kappa shape index (κ1) is 8.52. The molecule has 2 fully saturated rings. The Morgan fingerprint density at radius 2 is 1.92 bits per heavy atom. The molecule has 1 saturated heterocycles. The zero-order chi connectivity index (χ0) is 8.23. The lowest BCUT2D eigenvalue weighted by atomic mass is 9.97. The van der Waals surface area contributed by atoms with Gasteiger partial charge in [0.2, 0.25) is 0 Å². The molecule has 2 N–H and O–H groups in total. The predicted octanol–water partition coefficient (Wildman–Crippen LogP) is 1.13. The third-order valence-electron chi connectivity index (χ3n) is 3.22. The van der Waals surface area contributed by atoms with E-state index in [1.807, 2.05) is 0 Å². The van der Waals surface area contributed by atoms with Crippen molar-refractivity contribution in [2.24, 2.45) is 5.92 Å². The molecular formula is C10H20N2. The van der Waals surface area contributed by atoms with Gasteiger partial charge in [0, 0.05) is 25.7 Å². The van der Waals surface area contributed by atoms with Crippen LogP contribution in [0.2, 0.25) is 0 Å². The van der Waals surface area contributed by atoms with Gasteiger partial charge in [-0.15, -0.1) is 0 Å². The van der Waals surface area contributed by atoms with Crippen molar-refractivity contribution in [3.05, 3.63) is 0 Å². The minimum absolute atomic E-state index is 0.766. The van der Waals surface area contributed by atoms with Gasteiger partial charge in [0.1, 0.15) is 0 Å². The zero-order valence-electron chi connectivity index (χ0n) is 7.81. The molecule has 1 unspecified atom stereocenters. The summed E-state index contributed by atoms with van der Waals surface area (Å²) >= 11 is 0. The van der Waals surface area contributed by atoms with E-state index in [2.05, 4.69) is 10.6 Å². The van der Waals surface area contributed by atoms with E-state index in [1.165, 1.54) is 38.6 Å². The molecule has 1 atom stereocenters. The zero-order valence-corrected chi connectivity index (χ0v) is 7.81. The molecule has 70 valence electrons. The Balaban J connectivity index is 1.69. The molecular weight excluding hydrogens is 148 g/mol. The van der Waals surface area contributed by atoms with Crippen molar-refractivity contribution < 1.29 is 0 Å². The number of piperazine rings is 1. The van der Waals surface area contributed by atoms with Gasteiger partial charge < -0.3 is 10.6 Å². The van der Waals surface area contributed by atoms with E-state index in [1.54, 1.807) is 0 Å². The van der Waals surface area contributed by atoms with E-state index in [4.69, 9.17) is 0 Å². The first-order chi connectivity index (χ1) is 5.95. The Morgan fingerprint density at radius 1 is 1.08 bits per heavy atom. The van der Waals surface area contributed by atoms with Crippen LogP contribution in [-0.2, 0) is 0 Å². The van der Waals surface area contributed by atoms with Crippen LogP contribution in [0.15, 0.2) is 0 Å². The SMILES string of the molecule is C1CCC(CC2CNCCN2)C1. The van der Waals surface area contributed by atoms with E-state index < -0.39 is 0 Å². The van der Waals surface area contributed by atoms with Crippen molar-refractivity contribution >= 4 is 0 Å². The highest BCUT2D eigenvalue weighted by molar-refractivity contribution is 4.80. The van der Waals surface area contributed by atoms with E-state index in [0.717, 1.165) is 25.0 Å². The van der Waals surface area contributed by atoms with Crippen LogP contribution in [0.25, 0.3) is 0 Å². The van der Waals surface area contributed by atoms with E-state index >= 15 is 0 Å². The van der Waals surface area contributed by atoms with Gasteiger partial charge in [-0.2, -0.15) is 0 Å². The Morgan fingerprint density at radius 3 is 2.58 bits per heavy atom. The molecule has 0 amide bonds. The summed E-state index contributed by atoms with van der Waals surface area (Å²) in [6.45, 7) is 3.51. The summed E-state index contributed by atoms with van der Waals surface area (Å²) in [6, 6.07) is 0.766. The fourth-order valence-corrected chi connectivity index (χ4v) is 2.53. The molecule has 0 aromatic heterocycles. The summed E-state index contributed by atoms with van der Waals surface area (Å²) < 4.78 is 0. The predicted molar refractivity (Wildman–Crippen MR) is 51.2 cm³/mol. The average Bonchev–Trinajstić information content (AvgIpc) is 2.59. The summed E-state index contributed by atoms with van der Waals surface area (Å²) in [5, 5.41) is 7.03. The van der Waals surface area contributed by atoms with Crippen LogP contribution >= 0.6 is 0 Å². The molecule has 0 aromatic carbocycles. The number of rotatable bonds is 2. The Labute approximate surface area is 75.1 Å². The third-order valence-corrected chi connectivity index (χ3v) is 3.22. The summed E-state index contributed by atoms with van der Waals surface area (Å²) in [7, 11) is 0. The third kappa shape index (κ3) is 2.20. The van der Waals surface area contributed by atoms with E-state index in [-0.39, 0.29) is 0 Å². The van der Waals surface area contributed by atoms with Gasteiger partial charge in [0.15, 0.2) is 0 Å². The average molecular weight is 168 g/mol. The van der Waals surface area contributed by atoms with E-state index in [9.17, 15) is 0 Å². The first-order valence-corrected chi connectivity index (χ1v) is 5.39. The van der Waals surface area contributed by atoms with Crippen LogP contribution < -0.4 is 10.6 Å². The fourth-order valence-electron chi connectivity index (χ4n) is 2.53. The van der Waals surface area contributed by atoms with Gasteiger partial charge in [-0.25, -0.2) is 0 Å². The van der Waals surface area contributed by atoms with Crippen LogP contribution in [0.4, 0.5) is 0 Å². The van der Waals surface area contributed by atoms with Crippen molar-refractivity contribution in [1.82, 2.24) is 10.6 Å². The Kier molecular flexibility index (Phi) is 3.01. The molecule has 2 aliphatic rings. The summed E-state index contributed by atoms with van der Waals surface area (Å²) in [5.74, 6) is 1.03. The molecule has 0 spiro atoms. The van der Waals surface area contributed by atoms with Crippen molar-refractivity contribution in [2.75, 3.05) is 19.6 Å². The smallest absolute Gasteiger partial charge is 0.0195 e. The van der Waals surface area contributed by atoms with Crippen molar-refractivity contribution in [2.45, 2.75) is 38.1 Å². The molecule has 1 heterocycles. The molecule has 1 aliphatic heterocycles. The summed E-state index contributed by atoms with van der Waals surface area (Å²) in [6.07, 6.45) is 7.33. The Bertz CT molecular complexity index is 124. The van der Waals surface area contributed by atoms with Gasteiger partial charge in [-0.3, -0.25) is 0 Å². The van der Waals surface area contributed by atoms with Gasteiger partial charge in [0.25, 0.3) is 0 Å². The topological polar surface area (TPSA) is 24.1 Å². The lowest BCUT2D eigenvalue weighted by Gasteiger charge is -2.26. The molecule has 0 radical (unpaired) electrons. The highest BCUT2D eigenvalue weighted by atomic mass is 15.0. The number of nitrogens with one attached hydrogen (secondary N) is 2. The second kappa shape index (κ2) is 4.24. The highest BCUT2D eigenvalue weighted by Crippen LogP contribution is 2.28. The van der Waals surface area contributed by atoms with Crippen LogP contribution in [0.1, 0.15) is 32.1 Å². The van der Waals surface area contributed by atoms with Crippen LogP contribution in [0.3, 0.4) is 0 Å². The first-order valence-electron chi connectivity index (χ1n) is 5.39. The van der Waals surface area contributed by atoms with Crippen molar-refractivity contribution in [3.8, 4) is 0 Å². The quantitative estimate of drug-likeness (QED) is 0.646. The van der Waals surface area contributed by atoms with Crippen molar-refractivity contribution in [3.63, 3.8) is 0 Å². The molecule has 12 heavy (non-hydrogen) atoms. The molecule has 2 nitrogen and oxygen atoms in total.